The normalized spacial score (nSPS) is 10.5. The van der Waals surface area contributed by atoms with Gasteiger partial charge in [-0.2, -0.15) is 0 Å². The van der Waals surface area contributed by atoms with Crippen LogP contribution in [0.3, 0.4) is 0 Å². The summed E-state index contributed by atoms with van der Waals surface area (Å²) >= 11 is 0. The number of carbonyl (C=O) groups is 1. The Kier molecular flexibility index (Phi) is 3.39. The van der Waals surface area contributed by atoms with E-state index in [1.807, 2.05) is 0 Å². The highest BCUT2D eigenvalue weighted by atomic mass is 19.2. The van der Waals surface area contributed by atoms with Crippen LogP contribution in [-0.4, -0.2) is 11.9 Å². The van der Waals surface area contributed by atoms with E-state index in [0.717, 1.165) is 12.1 Å². The molecule has 1 aromatic carbocycles. The Labute approximate surface area is 86.9 Å². The van der Waals surface area contributed by atoms with Gasteiger partial charge in [-0.1, -0.05) is 0 Å². The highest BCUT2D eigenvalue weighted by Crippen LogP contribution is 2.23. The van der Waals surface area contributed by atoms with Crippen LogP contribution in [0.2, 0.25) is 0 Å². The van der Waals surface area contributed by atoms with Gasteiger partial charge < -0.3 is 4.74 Å². The fourth-order valence-electron chi connectivity index (χ4n) is 1.16. The molecule has 0 bridgehead atoms. The smallest absolute Gasteiger partial charge is 0.163 e. The molecule has 0 aliphatic carbocycles. The first-order valence-electron chi connectivity index (χ1n) is 4.58. The van der Waals surface area contributed by atoms with E-state index in [9.17, 15) is 13.6 Å². The Morgan fingerprint density at radius 1 is 1.27 bits per heavy atom. The standard InChI is InChI=1S/C11H12F2O2/c1-6(2)15-11-5-10(13)9(12)4-8(11)7(3)14/h4-6H,1-3H3. The lowest BCUT2D eigenvalue weighted by Gasteiger charge is -2.13. The van der Waals surface area contributed by atoms with E-state index < -0.39 is 11.6 Å². The highest BCUT2D eigenvalue weighted by molar-refractivity contribution is 5.96. The second-order valence-corrected chi connectivity index (χ2v) is 3.49. The Bertz CT molecular complexity index is 386. The van der Waals surface area contributed by atoms with Gasteiger partial charge in [-0.25, -0.2) is 8.78 Å². The third kappa shape index (κ3) is 2.75. The van der Waals surface area contributed by atoms with E-state index in [1.165, 1.54) is 6.92 Å². The number of benzene rings is 1. The first-order chi connectivity index (χ1) is 6.91. The summed E-state index contributed by atoms with van der Waals surface area (Å²) in [4.78, 5) is 11.1. The maximum atomic E-state index is 12.9. The average Bonchev–Trinajstić information content (AvgIpc) is 2.09. The van der Waals surface area contributed by atoms with Crippen molar-refractivity contribution in [2.75, 3.05) is 0 Å². The van der Waals surface area contributed by atoms with Crippen LogP contribution in [0.1, 0.15) is 31.1 Å². The summed E-state index contributed by atoms with van der Waals surface area (Å²) in [7, 11) is 0. The Balaban J connectivity index is 3.22. The van der Waals surface area contributed by atoms with Gasteiger partial charge in [0, 0.05) is 6.07 Å². The summed E-state index contributed by atoms with van der Waals surface area (Å²) in [5.41, 5.74) is 0.0580. The molecule has 1 rings (SSSR count). The van der Waals surface area contributed by atoms with Gasteiger partial charge in [-0.15, -0.1) is 0 Å². The molecule has 0 radical (unpaired) electrons. The van der Waals surface area contributed by atoms with Crippen LogP contribution in [0, 0.1) is 11.6 Å². The second kappa shape index (κ2) is 4.38. The van der Waals surface area contributed by atoms with Crippen LogP contribution in [-0.2, 0) is 0 Å². The van der Waals surface area contributed by atoms with Gasteiger partial charge in [-0.05, 0) is 26.8 Å². The maximum absolute atomic E-state index is 12.9. The van der Waals surface area contributed by atoms with Crippen molar-refractivity contribution in [3.63, 3.8) is 0 Å². The van der Waals surface area contributed by atoms with Crippen molar-refractivity contribution in [3.05, 3.63) is 29.3 Å². The van der Waals surface area contributed by atoms with Crippen molar-refractivity contribution in [2.24, 2.45) is 0 Å². The molecule has 15 heavy (non-hydrogen) atoms. The van der Waals surface area contributed by atoms with Crippen LogP contribution in [0.4, 0.5) is 8.78 Å². The topological polar surface area (TPSA) is 26.3 Å². The Morgan fingerprint density at radius 2 is 1.80 bits per heavy atom. The summed E-state index contributed by atoms with van der Waals surface area (Å²) in [5.74, 6) is -2.34. The number of hydrogen-bond acceptors (Lipinski definition) is 2. The minimum atomic E-state index is -1.05. The zero-order chi connectivity index (χ0) is 11.6. The lowest BCUT2D eigenvalue weighted by Crippen LogP contribution is -2.10. The Morgan fingerprint density at radius 3 is 2.27 bits per heavy atom. The molecule has 0 unspecified atom stereocenters. The molecule has 82 valence electrons. The van der Waals surface area contributed by atoms with E-state index in [1.54, 1.807) is 13.8 Å². The molecular formula is C11H12F2O2. The number of hydrogen-bond donors (Lipinski definition) is 0. The molecule has 0 saturated heterocycles. The molecular weight excluding hydrogens is 202 g/mol. The maximum Gasteiger partial charge on any atom is 0.163 e. The lowest BCUT2D eigenvalue weighted by molar-refractivity contribution is 0.101. The quantitative estimate of drug-likeness (QED) is 0.723. The number of rotatable bonds is 3. The van der Waals surface area contributed by atoms with E-state index in [-0.39, 0.29) is 23.2 Å². The molecule has 0 aliphatic rings. The van der Waals surface area contributed by atoms with Crippen molar-refractivity contribution in [3.8, 4) is 5.75 Å². The van der Waals surface area contributed by atoms with Crippen molar-refractivity contribution in [2.45, 2.75) is 26.9 Å². The van der Waals surface area contributed by atoms with Gasteiger partial charge in [0.05, 0.1) is 11.7 Å². The molecule has 0 spiro atoms. The molecule has 0 amide bonds. The predicted octanol–water partition coefficient (Wildman–Crippen LogP) is 2.95. The third-order valence-corrected chi connectivity index (χ3v) is 1.76. The number of halogens is 2. The summed E-state index contributed by atoms with van der Waals surface area (Å²) < 4.78 is 31.0. The summed E-state index contributed by atoms with van der Waals surface area (Å²) in [5, 5.41) is 0. The molecule has 1 aromatic rings. The molecule has 0 aliphatic heterocycles. The first kappa shape index (κ1) is 11.6. The molecule has 0 N–H and O–H groups in total. The van der Waals surface area contributed by atoms with E-state index >= 15 is 0 Å². The van der Waals surface area contributed by atoms with Crippen LogP contribution < -0.4 is 4.74 Å². The van der Waals surface area contributed by atoms with E-state index in [2.05, 4.69) is 0 Å². The van der Waals surface area contributed by atoms with Gasteiger partial charge in [-0.3, -0.25) is 4.79 Å². The van der Waals surface area contributed by atoms with Crippen molar-refractivity contribution < 1.29 is 18.3 Å². The van der Waals surface area contributed by atoms with Gasteiger partial charge in [0.15, 0.2) is 17.4 Å². The van der Waals surface area contributed by atoms with Crippen LogP contribution in [0.15, 0.2) is 12.1 Å². The highest BCUT2D eigenvalue weighted by Gasteiger charge is 2.15. The van der Waals surface area contributed by atoms with Crippen LogP contribution in [0.25, 0.3) is 0 Å². The average molecular weight is 214 g/mol. The zero-order valence-corrected chi connectivity index (χ0v) is 8.80. The molecule has 0 aromatic heterocycles. The SMILES string of the molecule is CC(=O)c1cc(F)c(F)cc1OC(C)C. The summed E-state index contributed by atoms with van der Waals surface area (Å²) in [6.45, 7) is 4.76. The fourth-order valence-corrected chi connectivity index (χ4v) is 1.16. The Hall–Kier alpha value is -1.45. The molecule has 0 atom stereocenters. The lowest BCUT2D eigenvalue weighted by atomic mass is 10.1. The molecule has 0 fully saturated rings. The minimum Gasteiger partial charge on any atom is -0.490 e. The monoisotopic (exact) mass is 214 g/mol. The molecule has 0 heterocycles. The van der Waals surface area contributed by atoms with Crippen molar-refractivity contribution in [1.82, 2.24) is 0 Å². The largest absolute Gasteiger partial charge is 0.490 e. The second-order valence-electron chi connectivity index (χ2n) is 3.49. The van der Waals surface area contributed by atoms with Crippen molar-refractivity contribution in [1.29, 1.82) is 0 Å². The number of Topliss-reactive ketones (excluding diaryl/α,β-unsaturated/α-hetero) is 1. The van der Waals surface area contributed by atoms with Crippen LogP contribution >= 0.6 is 0 Å². The number of ether oxygens (including phenoxy) is 1. The van der Waals surface area contributed by atoms with Gasteiger partial charge in [0.1, 0.15) is 5.75 Å². The minimum absolute atomic E-state index is 0.0580. The fraction of sp³-hybridized carbons (Fsp3) is 0.364. The van der Waals surface area contributed by atoms with Gasteiger partial charge in [0.2, 0.25) is 0 Å². The number of ketones is 1. The predicted molar refractivity (Wildman–Crippen MR) is 52.1 cm³/mol. The zero-order valence-electron chi connectivity index (χ0n) is 8.80. The van der Waals surface area contributed by atoms with E-state index in [0.29, 0.717) is 0 Å². The molecule has 0 saturated carbocycles. The summed E-state index contributed by atoms with van der Waals surface area (Å²) in [6.07, 6.45) is -0.201. The number of carbonyl (C=O) groups excluding carboxylic acids is 1. The van der Waals surface area contributed by atoms with Gasteiger partial charge in [0.25, 0.3) is 0 Å². The van der Waals surface area contributed by atoms with Gasteiger partial charge >= 0.3 is 0 Å². The van der Waals surface area contributed by atoms with Crippen LogP contribution in [0.5, 0.6) is 5.75 Å². The molecule has 2 nitrogen and oxygen atoms in total. The first-order valence-corrected chi connectivity index (χ1v) is 4.58. The molecule has 4 heteroatoms. The summed E-state index contributed by atoms with van der Waals surface area (Å²) in [6, 6.07) is 1.75. The van der Waals surface area contributed by atoms with Crippen molar-refractivity contribution >= 4 is 5.78 Å². The van der Waals surface area contributed by atoms with E-state index in [4.69, 9.17) is 4.74 Å². The third-order valence-electron chi connectivity index (χ3n) is 1.76.